The molecular formula is C19H28Cl2OSiTi. The quantitative estimate of drug-likeness (QED) is 0.484. The van der Waals surface area contributed by atoms with Crippen molar-refractivity contribution in [2.24, 2.45) is 0 Å². The summed E-state index contributed by atoms with van der Waals surface area (Å²) in [5.74, 6) is 0.375. The molecule has 0 spiro atoms. The van der Waals surface area contributed by atoms with E-state index in [9.17, 15) is 5.11 Å². The molecule has 1 aliphatic rings. The van der Waals surface area contributed by atoms with Gasteiger partial charge >= 0.3 is 24.8 Å². The number of rotatable bonds is 0. The third kappa shape index (κ3) is 7.84. The van der Waals surface area contributed by atoms with Crippen molar-refractivity contribution in [3.8, 4) is 5.75 Å². The number of hydrogen-bond donors (Lipinski definition) is 1. The summed E-state index contributed by atoms with van der Waals surface area (Å²) in [5.41, 5.74) is 4.64. The Bertz CT molecular complexity index is 537. The van der Waals surface area contributed by atoms with Crippen molar-refractivity contribution in [2.75, 3.05) is 0 Å². The summed E-state index contributed by atoms with van der Waals surface area (Å²) in [6, 6.07) is 0. The van der Waals surface area contributed by atoms with Gasteiger partial charge in [-0.15, -0.1) is 31.2 Å². The summed E-state index contributed by atoms with van der Waals surface area (Å²) in [4.78, 5) is 3.25. The van der Waals surface area contributed by atoms with Crippen LogP contribution >= 0.6 is 24.8 Å². The predicted octanol–water partition coefficient (Wildman–Crippen LogP) is 4.52. The van der Waals surface area contributed by atoms with Gasteiger partial charge in [0, 0.05) is 0 Å². The van der Waals surface area contributed by atoms with E-state index >= 15 is 0 Å². The number of hydrogen-bond acceptors (Lipinski definition) is 1. The van der Waals surface area contributed by atoms with E-state index in [1.165, 1.54) is 16.7 Å². The second-order valence-corrected chi connectivity index (χ2v) is 6.73. The van der Waals surface area contributed by atoms with Crippen LogP contribution in [-0.4, -0.2) is 20.2 Å². The maximum absolute atomic E-state index is 10.0. The van der Waals surface area contributed by atoms with Crippen LogP contribution in [0.25, 0.3) is 0 Å². The predicted molar refractivity (Wildman–Crippen MR) is 110 cm³/mol. The summed E-state index contributed by atoms with van der Waals surface area (Å²) in [7, 11) is 3.56. The van der Waals surface area contributed by atoms with Crippen LogP contribution in [0.4, 0.5) is 0 Å². The molecule has 0 saturated carbocycles. The van der Waals surface area contributed by atoms with Gasteiger partial charge in [0.1, 0.15) is 5.75 Å². The monoisotopic (exact) mass is 418 g/mol. The Kier molecular flexibility index (Phi) is 15.7. The molecular weight excluding hydrogens is 391 g/mol. The van der Waals surface area contributed by atoms with Gasteiger partial charge in [0.25, 0.3) is 0 Å². The van der Waals surface area contributed by atoms with E-state index in [-0.39, 0.29) is 30.2 Å². The van der Waals surface area contributed by atoms with E-state index in [0.29, 0.717) is 5.75 Å². The van der Waals surface area contributed by atoms with Gasteiger partial charge in [-0.1, -0.05) is 20.8 Å². The number of aromatic hydroxyl groups is 1. The SMILES string of the molecule is Cc1c(C)c(O)c([Si])c(C(C)(C)C)c1C.Cl.Cl.[C-]1=CC=CC1.[CH2]=[Ti+]. The zero-order chi connectivity index (χ0) is 17.5. The van der Waals surface area contributed by atoms with Crippen LogP contribution in [-0.2, 0) is 25.4 Å². The molecule has 5 heteroatoms. The number of phenolic OH excluding ortho intramolecular Hbond substituents is 1. The molecule has 1 nitrogen and oxygen atoms in total. The fourth-order valence-electron chi connectivity index (χ4n) is 2.42. The first-order valence-electron chi connectivity index (χ1n) is 7.29. The molecule has 1 aliphatic carbocycles. The van der Waals surface area contributed by atoms with E-state index < -0.39 is 0 Å². The van der Waals surface area contributed by atoms with Crippen LogP contribution in [0.3, 0.4) is 0 Å². The Labute approximate surface area is 175 Å². The molecule has 0 atom stereocenters. The van der Waals surface area contributed by atoms with Gasteiger partial charge in [0.2, 0.25) is 0 Å². The molecule has 0 fully saturated rings. The molecule has 0 saturated heterocycles. The van der Waals surface area contributed by atoms with Crippen LogP contribution in [0.15, 0.2) is 18.2 Å². The topological polar surface area (TPSA) is 20.2 Å². The standard InChI is InChI=1S/C13H19OSi.C5H5.CH2.2ClH.Ti/c1-7-8(2)10(13(4,5)6)12(15)11(14)9(7)3;1-2-4-5-3-1;;;;/h14H,1-6H3;1-3H,4H2;1H2;2*1H;/q;-1;;;;+1. The van der Waals surface area contributed by atoms with E-state index in [2.05, 4.69) is 61.8 Å². The molecule has 0 heterocycles. The molecule has 0 unspecified atom stereocenters. The van der Waals surface area contributed by atoms with Crippen molar-refractivity contribution in [1.29, 1.82) is 0 Å². The van der Waals surface area contributed by atoms with Gasteiger partial charge in [-0.05, 0) is 53.6 Å². The van der Waals surface area contributed by atoms with Crippen LogP contribution in [0.2, 0.25) is 0 Å². The molecule has 24 heavy (non-hydrogen) atoms. The minimum atomic E-state index is 0. The summed E-state index contributed by atoms with van der Waals surface area (Å²) >= 11 is 1.75. The van der Waals surface area contributed by atoms with Crippen molar-refractivity contribution < 1.29 is 25.1 Å². The van der Waals surface area contributed by atoms with Crippen molar-refractivity contribution >= 4 is 45.1 Å². The van der Waals surface area contributed by atoms with Gasteiger partial charge in [-0.2, -0.15) is 6.08 Å². The summed E-state index contributed by atoms with van der Waals surface area (Å²) in [5, 5.41) is 10.8. The van der Waals surface area contributed by atoms with Crippen LogP contribution in [0.1, 0.15) is 49.4 Å². The van der Waals surface area contributed by atoms with Crippen LogP contribution < -0.4 is 5.19 Å². The van der Waals surface area contributed by atoms with Gasteiger partial charge < -0.3 is 5.11 Å². The number of allylic oxidation sites excluding steroid dienone is 4. The number of halogens is 2. The van der Waals surface area contributed by atoms with Crippen LogP contribution in [0.5, 0.6) is 5.75 Å². The van der Waals surface area contributed by atoms with Crippen molar-refractivity contribution in [3.05, 3.63) is 46.6 Å². The summed E-state index contributed by atoms with van der Waals surface area (Å²) in [6.07, 6.45) is 10.0. The molecule has 1 N–H and O–H groups in total. The minimum absolute atomic E-state index is 0. The Morgan fingerprint density at radius 3 is 1.88 bits per heavy atom. The second-order valence-electron chi connectivity index (χ2n) is 6.23. The molecule has 0 amide bonds. The Morgan fingerprint density at radius 1 is 1.08 bits per heavy atom. The van der Waals surface area contributed by atoms with Crippen LogP contribution in [0, 0.1) is 26.8 Å². The maximum atomic E-state index is 10.0. The van der Waals surface area contributed by atoms with Gasteiger partial charge in [0.15, 0.2) is 0 Å². The fourth-order valence-corrected chi connectivity index (χ4v) is 3.17. The Morgan fingerprint density at radius 2 is 1.58 bits per heavy atom. The van der Waals surface area contributed by atoms with Gasteiger partial charge in [-0.25, -0.2) is 12.2 Å². The third-order valence-electron chi connectivity index (χ3n) is 3.68. The average Bonchev–Trinajstić information content (AvgIpc) is 3.03. The molecule has 132 valence electrons. The number of phenols is 1. The molecule has 1 aromatic rings. The first-order chi connectivity index (χ1) is 10.2. The van der Waals surface area contributed by atoms with E-state index in [0.717, 1.165) is 17.2 Å². The van der Waals surface area contributed by atoms with E-state index in [1.54, 1.807) is 20.0 Å². The molecule has 2 rings (SSSR count). The Balaban J connectivity index is -0.000000415. The second kappa shape index (κ2) is 13.1. The van der Waals surface area contributed by atoms with Crippen molar-refractivity contribution in [1.82, 2.24) is 0 Å². The zero-order valence-corrected chi connectivity index (χ0v) is 19.6. The normalized spacial score (nSPS) is 11.4. The average molecular weight is 419 g/mol. The molecule has 0 aromatic heterocycles. The fraction of sp³-hybridized carbons (Fsp3) is 0.421. The van der Waals surface area contributed by atoms with Crippen molar-refractivity contribution in [2.45, 2.75) is 53.4 Å². The van der Waals surface area contributed by atoms with Crippen molar-refractivity contribution in [3.63, 3.8) is 0 Å². The third-order valence-corrected chi connectivity index (χ3v) is 4.16. The number of benzene rings is 1. The van der Waals surface area contributed by atoms with E-state index in [1.807, 2.05) is 19.1 Å². The summed E-state index contributed by atoms with van der Waals surface area (Å²) in [6.45, 7) is 12.6. The van der Waals surface area contributed by atoms with Gasteiger partial charge in [0.05, 0.1) is 10.2 Å². The molecule has 3 radical (unpaired) electrons. The molecule has 0 aliphatic heterocycles. The zero-order valence-electron chi connectivity index (χ0n) is 15.4. The summed E-state index contributed by atoms with van der Waals surface area (Å²) < 4.78 is 0. The molecule has 1 aromatic carbocycles. The first-order valence-corrected chi connectivity index (χ1v) is 8.90. The van der Waals surface area contributed by atoms with Gasteiger partial charge in [-0.3, -0.25) is 6.08 Å². The Hall–Kier alpha value is -0.119. The molecule has 0 bridgehead atoms. The first kappa shape index (κ1) is 28.7. The van der Waals surface area contributed by atoms with E-state index in [4.69, 9.17) is 0 Å².